The van der Waals surface area contributed by atoms with Crippen LogP contribution in [0, 0.1) is 18.8 Å². The van der Waals surface area contributed by atoms with Crippen LogP contribution in [0.5, 0.6) is 0 Å². The van der Waals surface area contributed by atoms with Crippen LogP contribution in [0.1, 0.15) is 43.9 Å². The predicted molar refractivity (Wildman–Crippen MR) is 122 cm³/mol. The third kappa shape index (κ3) is 4.16. The molecule has 6 nitrogen and oxygen atoms in total. The number of allylic oxidation sites excluding steroid dienone is 1. The zero-order chi connectivity index (χ0) is 21.1. The topological polar surface area (TPSA) is 109 Å². The van der Waals surface area contributed by atoms with Gasteiger partial charge in [-0.05, 0) is 37.3 Å². The van der Waals surface area contributed by atoms with Gasteiger partial charge in [0.1, 0.15) is 12.0 Å². The molecule has 0 spiro atoms. The van der Waals surface area contributed by atoms with Gasteiger partial charge in [0.25, 0.3) is 0 Å². The maximum absolute atomic E-state index is 6.58. The van der Waals surface area contributed by atoms with E-state index < -0.39 is 0 Å². The van der Waals surface area contributed by atoms with E-state index in [0.29, 0.717) is 23.0 Å². The molecule has 1 aromatic carbocycles. The summed E-state index contributed by atoms with van der Waals surface area (Å²) in [5.41, 5.74) is 23.5. The average molecular weight is 393 g/mol. The number of H-pyrrole nitrogens is 1. The van der Waals surface area contributed by atoms with Gasteiger partial charge in [0.05, 0.1) is 17.1 Å². The van der Waals surface area contributed by atoms with Crippen LogP contribution in [0.25, 0.3) is 16.6 Å². The van der Waals surface area contributed by atoms with Gasteiger partial charge in [-0.2, -0.15) is 5.10 Å². The molecule has 1 fully saturated rings. The van der Waals surface area contributed by atoms with Gasteiger partial charge < -0.3 is 22.2 Å². The van der Waals surface area contributed by atoms with E-state index in [-0.39, 0.29) is 0 Å². The number of hydrazone groups is 1. The first-order chi connectivity index (χ1) is 13.8. The first-order valence-corrected chi connectivity index (χ1v) is 10.1. The van der Waals surface area contributed by atoms with Crippen molar-refractivity contribution >= 4 is 22.9 Å². The molecule has 2 aromatic rings. The normalized spacial score (nSPS) is 20.6. The van der Waals surface area contributed by atoms with Crippen molar-refractivity contribution < 1.29 is 0 Å². The number of hydrogen-bond donors (Lipinski definition) is 4. The largest absolute Gasteiger partial charge is 0.397 e. The lowest BCUT2D eigenvalue weighted by atomic mass is 9.81. The first kappa shape index (κ1) is 20.6. The van der Waals surface area contributed by atoms with E-state index in [2.05, 4.69) is 43.2 Å². The minimum Gasteiger partial charge on any atom is -0.397 e. The van der Waals surface area contributed by atoms with E-state index in [1.165, 1.54) is 19.2 Å². The van der Waals surface area contributed by atoms with Crippen LogP contribution < -0.4 is 17.2 Å². The highest BCUT2D eigenvalue weighted by atomic mass is 15.5. The number of nitrogens with zero attached hydrogens (tertiary/aromatic N) is 2. The van der Waals surface area contributed by atoms with Crippen LogP contribution in [-0.2, 0) is 0 Å². The summed E-state index contributed by atoms with van der Waals surface area (Å²) in [6.07, 6.45) is 5.70. The molecule has 0 unspecified atom stereocenters. The fourth-order valence-electron chi connectivity index (χ4n) is 4.11. The maximum atomic E-state index is 6.58. The second-order valence-electron chi connectivity index (χ2n) is 8.03. The Bertz CT molecular complexity index is 972. The number of hydrogen-bond acceptors (Lipinski definition) is 4. The Morgan fingerprint density at radius 2 is 1.90 bits per heavy atom. The molecule has 1 aliphatic rings. The number of aromatic nitrogens is 1. The number of aromatic amines is 1. The van der Waals surface area contributed by atoms with Crippen molar-refractivity contribution in [3.05, 3.63) is 65.8 Å². The molecule has 29 heavy (non-hydrogen) atoms. The number of nitrogens with one attached hydrogen (secondary N) is 1. The molecular weight excluding hydrogens is 360 g/mol. The molecule has 1 aliphatic carbocycles. The third-order valence-electron chi connectivity index (χ3n) is 5.87. The van der Waals surface area contributed by atoms with Gasteiger partial charge >= 0.3 is 0 Å². The van der Waals surface area contributed by atoms with Gasteiger partial charge in [-0.25, -0.2) is 5.01 Å². The highest BCUT2D eigenvalue weighted by Gasteiger charge is 2.27. The minimum atomic E-state index is 0.307. The highest BCUT2D eigenvalue weighted by molar-refractivity contribution is 5.87. The fraction of sp³-hybridized carbons (Fsp3) is 0.348. The van der Waals surface area contributed by atoms with Crippen molar-refractivity contribution in [2.24, 2.45) is 34.1 Å². The summed E-state index contributed by atoms with van der Waals surface area (Å²) in [6.45, 7) is 12.6. The predicted octanol–water partition coefficient (Wildman–Crippen LogP) is 4.12. The molecule has 7 N–H and O–H groups in total. The Kier molecular flexibility index (Phi) is 6.01. The second-order valence-corrected chi connectivity index (χ2v) is 8.03. The van der Waals surface area contributed by atoms with Gasteiger partial charge in [-0.15, -0.1) is 0 Å². The second kappa shape index (κ2) is 8.47. The number of benzene rings is 1. The van der Waals surface area contributed by atoms with E-state index in [9.17, 15) is 0 Å². The van der Waals surface area contributed by atoms with Gasteiger partial charge in [0.15, 0.2) is 0 Å². The molecule has 1 heterocycles. The Morgan fingerprint density at radius 1 is 1.21 bits per heavy atom. The lowest BCUT2D eigenvalue weighted by Gasteiger charge is -2.33. The van der Waals surface area contributed by atoms with Crippen LogP contribution in [0.15, 0.2) is 59.6 Å². The first-order valence-electron chi connectivity index (χ1n) is 10.1. The molecular formula is C23H32N6. The van der Waals surface area contributed by atoms with Gasteiger partial charge in [-0.1, -0.05) is 51.1 Å². The summed E-state index contributed by atoms with van der Waals surface area (Å²) >= 11 is 0. The number of rotatable bonds is 6. The van der Waals surface area contributed by atoms with E-state index in [1.807, 2.05) is 18.2 Å². The standard InChI is InChI=1S/C23H32N6/c1-14-8-10-18(11-9-14)17(4)29(27-13-24)23(16(3)25)21(26)20-12-19-7-5-6-15(2)22(19)28-20/h5-7,12-14,18,28H,3-4,8-11,25-26H2,1-2H3,(H2,24,27)/b23-21-. The Morgan fingerprint density at radius 3 is 2.48 bits per heavy atom. The van der Waals surface area contributed by atoms with Crippen molar-refractivity contribution in [1.29, 1.82) is 0 Å². The van der Waals surface area contributed by atoms with Crippen LogP contribution >= 0.6 is 0 Å². The monoisotopic (exact) mass is 392 g/mol. The van der Waals surface area contributed by atoms with Gasteiger partial charge in [0.2, 0.25) is 0 Å². The average Bonchev–Trinajstić information content (AvgIpc) is 3.13. The Labute approximate surface area is 172 Å². The molecule has 0 atom stereocenters. The molecule has 0 amide bonds. The van der Waals surface area contributed by atoms with Crippen molar-refractivity contribution in [2.75, 3.05) is 0 Å². The number of nitrogens with two attached hydrogens (primary N) is 3. The summed E-state index contributed by atoms with van der Waals surface area (Å²) in [5.74, 6) is 1.05. The van der Waals surface area contributed by atoms with Crippen molar-refractivity contribution in [1.82, 2.24) is 9.99 Å². The maximum Gasteiger partial charge on any atom is 0.112 e. The van der Waals surface area contributed by atoms with Crippen LogP contribution in [0.3, 0.4) is 0 Å². The quantitative estimate of drug-likeness (QED) is 0.256. The van der Waals surface area contributed by atoms with E-state index in [0.717, 1.165) is 46.6 Å². The molecule has 154 valence electrons. The van der Waals surface area contributed by atoms with Gasteiger partial charge in [0, 0.05) is 22.5 Å². The third-order valence-corrected chi connectivity index (χ3v) is 5.87. The van der Waals surface area contributed by atoms with E-state index in [4.69, 9.17) is 17.2 Å². The summed E-state index contributed by atoms with van der Waals surface area (Å²) < 4.78 is 0. The zero-order valence-electron chi connectivity index (χ0n) is 17.4. The van der Waals surface area contributed by atoms with E-state index in [1.54, 1.807) is 5.01 Å². The number of fused-ring (bicyclic) bond motifs is 1. The molecule has 1 aromatic heterocycles. The van der Waals surface area contributed by atoms with Crippen molar-refractivity contribution in [3.8, 4) is 0 Å². The Hall–Kier alpha value is -3.15. The highest BCUT2D eigenvalue weighted by Crippen LogP contribution is 2.36. The van der Waals surface area contributed by atoms with Crippen LogP contribution in [0.2, 0.25) is 0 Å². The summed E-state index contributed by atoms with van der Waals surface area (Å²) in [6, 6.07) is 8.14. The summed E-state index contributed by atoms with van der Waals surface area (Å²) in [7, 11) is 0. The number of aryl methyl sites for hydroxylation is 1. The minimum absolute atomic E-state index is 0.307. The van der Waals surface area contributed by atoms with Crippen LogP contribution in [-0.4, -0.2) is 16.3 Å². The summed E-state index contributed by atoms with van der Waals surface area (Å²) in [5, 5.41) is 7.10. The number of para-hydroxylation sites is 1. The lowest BCUT2D eigenvalue weighted by Crippen LogP contribution is -2.29. The van der Waals surface area contributed by atoms with Crippen molar-refractivity contribution in [3.63, 3.8) is 0 Å². The Balaban J connectivity index is 2.05. The molecule has 0 saturated heterocycles. The summed E-state index contributed by atoms with van der Waals surface area (Å²) in [4.78, 5) is 3.40. The molecule has 6 heteroatoms. The van der Waals surface area contributed by atoms with E-state index >= 15 is 0 Å². The zero-order valence-corrected chi connectivity index (χ0v) is 17.4. The molecule has 1 saturated carbocycles. The fourth-order valence-corrected chi connectivity index (χ4v) is 4.11. The van der Waals surface area contributed by atoms with Gasteiger partial charge in [-0.3, -0.25) is 0 Å². The smallest absolute Gasteiger partial charge is 0.112 e. The van der Waals surface area contributed by atoms with Crippen LogP contribution in [0.4, 0.5) is 0 Å². The molecule has 0 radical (unpaired) electrons. The molecule has 0 bridgehead atoms. The SMILES string of the molecule is C=C(N)/C(=C(/N)c1cc2cccc(C)c2[nH]1)N(/N=C\N)C(=C)C1CCC(C)CC1. The molecule has 3 rings (SSSR count). The van der Waals surface area contributed by atoms with Crippen molar-refractivity contribution in [2.45, 2.75) is 39.5 Å². The lowest BCUT2D eigenvalue weighted by molar-refractivity contribution is 0.275. The molecule has 0 aliphatic heterocycles.